The van der Waals surface area contributed by atoms with Crippen molar-refractivity contribution in [2.45, 2.75) is 39.0 Å². The van der Waals surface area contributed by atoms with Crippen LogP contribution in [0.25, 0.3) is 0 Å². The van der Waals surface area contributed by atoms with Gasteiger partial charge in [0, 0.05) is 0 Å². The Hall–Kier alpha value is 0.350. The van der Waals surface area contributed by atoms with Crippen LogP contribution in [0.5, 0.6) is 0 Å². The maximum absolute atomic E-state index is 3.81. The molecule has 61 valence electrons. The molecular weight excluding hydrogens is 140 g/mol. The molecule has 0 saturated carbocycles. The van der Waals surface area contributed by atoms with Crippen molar-refractivity contribution in [3.8, 4) is 0 Å². The van der Waals surface area contributed by atoms with Gasteiger partial charge in [-0.15, -0.1) is 0 Å². The minimum Gasteiger partial charge on any atom is -0.162 e. The van der Waals surface area contributed by atoms with Crippen LogP contribution in [-0.4, -0.2) is 11.5 Å². The third-order valence-electron chi connectivity index (χ3n) is 1.49. The zero-order valence-corrected chi connectivity index (χ0v) is 7.88. The fourth-order valence-corrected chi connectivity index (χ4v) is 1.58. The van der Waals surface area contributed by atoms with Gasteiger partial charge in [-0.05, 0) is 17.9 Å². The summed E-state index contributed by atoms with van der Waals surface area (Å²) in [6.45, 7) is 6.04. The van der Waals surface area contributed by atoms with E-state index in [4.69, 9.17) is 0 Å². The summed E-state index contributed by atoms with van der Waals surface area (Å²) in [5.74, 6) is 2.63. The SMILES string of the molecule is [CH2]CCCCCCSCC. The van der Waals surface area contributed by atoms with E-state index in [-0.39, 0.29) is 0 Å². The summed E-state index contributed by atoms with van der Waals surface area (Å²) < 4.78 is 0. The van der Waals surface area contributed by atoms with Gasteiger partial charge in [-0.1, -0.05) is 39.5 Å². The van der Waals surface area contributed by atoms with E-state index in [1.165, 1.54) is 37.2 Å². The van der Waals surface area contributed by atoms with Crippen molar-refractivity contribution in [3.63, 3.8) is 0 Å². The molecule has 10 heavy (non-hydrogen) atoms. The normalized spacial score (nSPS) is 10.2. The Balaban J connectivity index is 2.65. The first-order valence-electron chi connectivity index (χ1n) is 4.28. The Morgan fingerprint density at radius 2 is 1.80 bits per heavy atom. The van der Waals surface area contributed by atoms with Gasteiger partial charge in [-0.3, -0.25) is 0 Å². The van der Waals surface area contributed by atoms with Crippen molar-refractivity contribution in [2.75, 3.05) is 11.5 Å². The van der Waals surface area contributed by atoms with E-state index in [9.17, 15) is 0 Å². The second-order valence-electron chi connectivity index (χ2n) is 2.46. The maximum atomic E-state index is 3.81. The van der Waals surface area contributed by atoms with Crippen LogP contribution in [0.15, 0.2) is 0 Å². The first-order chi connectivity index (χ1) is 4.91. The first kappa shape index (κ1) is 10.3. The monoisotopic (exact) mass is 159 g/mol. The third-order valence-corrected chi connectivity index (χ3v) is 2.48. The Labute approximate surface area is 69.8 Å². The molecule has 0 amide bonds. The third kappa shape index (κ3) is 8.35. The molecule has 0 heterocycles. The average Bonchev–Trinajstić information content (AvgIpc) is 1.97. The van der Waals surface area contributed by atoms with Crippen molar-refractivity contribution >= 4 is 11.8 Å². The van der Waals surface area contributed by atoms with E-state index < -0.39 is 0 Å². The van der Waals surface area contributed by atoms with Crippen LogP contribution >= 0.6 is 11.8 Å². The van der Waals surface area contributed by atoms with Crippen molar-refractivity contribution < 1.29 is 0 Å². The van der Waals surface area contributed by atoms with Crippen molar-refractivity contribution in [1.29, 1.82) is 0 Å². The Bertz CT molecular complexity index is 44.7. The molecule has 0 aliphatic heterocycles. The van der Waals surface area contributed by atoms with Gasteiger partial charge >= 0.3 is 0 Å². The lowest BCUT2D eigenvalue weighted by atomic mass is 10.2. The summed E-state index contributed by atoms with van der Waals surface area (Å²) >= 11 is 2.05. The Morgan fingerprint density at radius 3 is 2.40 bits per heavy atom. The molecule has 0 aliphatic rings. The van der Waals surface area contributed by atoms with Crippen molar-refractivity contribution in [3.05, 3.63) is 6.92 Å². The zero-order chi connectivity index (χ0) is 7.66. The quantitative estimate of drug-likeness (QED) is 0.512. The van der Waals surface area contributed by atoms with E-state index >= 15 is 0 Å². The molecule has 0 nitrogen and oxygen atoms in total. The number of unbranched alkanes of at least 4 members (excludes halogenated alkanes) is 4. The van der Waals surface area contributed by atoms with E-state index in [1.807, 2.05) is 0 Å². The lowest BCUT2D eigenvalue weighted by Gasteiger charge is -1.97. The van der Waals surface area contributed by atoms with Gasteiger partial charge in [0.25, 0.3) is 0 Å². The van der Waals surface area contributed by atoms with Crippen LogP contribution in [0.4, 0.5) is 0 Å². The molecule has 0 fully saturated rings. The molecule has 0 saturated heterocycles. The minimum absolute atomic E-state index is 1.11. The first-order valence-corrected chi connectivity index (χ1v) is 5.44. The maximum Gasteiger partial charge on any atom is -0.00676 e. The van der Waals surface area contributed by atoms with Gasteiger partial charge < -0.3 is 0 Å². The van der Waals surface area contributed by atoms with Crippen LogP contribution in [0.2, 0.25) is 0 Å². The molecule has 0 aromatic carbocycles. The summed E-state index contributed by atoms with van der Waals surface area (Å²) in [6, 6.07) is 0. The summed E-state index contributed by atoms with van der Waals surface area (Å²) in [5.41, 5.74) is 0. The smallest absolute Gasteiger partial charge is 0.00676 e. The molecule has 0 aliphatic carbocycles. The molecule has 0 N–H and O–H groups in total. The number of rotatable bonds is 7. The Morgan fingerprint density at radius 1 is 1.10 bits per heavy atom. The second-order valence-corrected chi connectivity index (χ2v) is 3.86. The lowest BCUT2D eigenvalue weighted by molar-refractivity contribution is 0.677. The molecule has 1 heteroatoms. The fourth-order valence-electron chi connectivity index (χ4n) is 0.879. The van der Waals surface area contributed by atoms with E-state index in [0.717, 1.165) is 6.42 Å². The predicted octanol–water partition coefficient (Wildman–Crippen LogP) is 3.52. The lowest BCUT2D eigenvalue weighted by Crippen LogP contribution is -1.81. The summed E-state index contributed by atoms with van der Waals surface area (Å²) in [5, 5.41) is 0. The molecule has 0 aromatic heterocycles. The highest BCUT2D eigenvalue weighted by Gasteiger charge is 1.87. The van der Waals surface area contributed by atoms with Gasteiger partial charge in [-0.25, -0.2) is 0 Å². The molecule has 0 bridgehead atoms. The fraction of sp³-hybridized carbons (Fsp3) is 0.889. The van der Waals surface area contributed by atoms with Crippen LogP contribution in [0.1, 0.15) is 39.0 Å². The highest BCUT2D eigenvalue weighted by molar-refractivity contribution is 7.99. The standard InChI is InChI=1S/C9H19S/c1-3-5-6-7-8-9-10-4-2/h1,3-9H2,2H3. The predicted molar refractivity (Wildman–Crippen MR) is 51.4 cm³/mol. The van der Waals surface area contributed by atoms with Crippen molar-refractivity contribution in [2.24, 2.45) is 0 Å². The van der Waals surface area contributed by atoms with Crippen LogP contribution in [-0.2, 0) is 0 Å². The van der Waals surface area contributed by atoms with Gasteiger partial charge in [0.05, 0.1) is 0 Å². The summed E-state index contributed by atoms with van der Waals surface area (Å²) in [7, 11) is 0. The number of thioether (sulfide) groups is 1. The van der Waals surface area contributed by atoms with Crippen molar-refractivity contribution in [1.82, 2.24) is 0 Å². The molecule has 1 radical (unpaired) electrons. The van der Waals surface area contributed by atoms with E-state index in [2.05, 4.69) is 25.6 Å². The van der Waals surface area contributed by atoms with Crippen LogP contribution < -0.4 is 0 Å². The second kappa shape index (κ2) is 9.35. The van der Waals surface area contributed by atoms with E-state index in [1.54, 1.807) is 0 Å². The molecule has 0 spiro atoms. The van der Waals surface area contributed by atoms with Crippen LogP contribution in [0.3, 0.4) is 0 Å². The average molecular weight is 159 g/mol. The largest absolute Gasteiger partial charge is 0.162 e. The van der Waals surface area contributed by atoms with Crippen LogP contribution in [0, 0.1) is 6.92 Å². The number of hydrogen-bond acceptors (Lipinski definition) is 1. The minimum atomic E-state index is 1.11. The molecular formula is C9H19S. The Kier molecular flexibility index (Phi) is 9.68. The van der Waals surface area contributed by atoms with Gasteiger partial charge in [-0.2, -0.15) is 11.8 Å². The number of hydrogen-bond donors (Lipinski definition) is 0. The molecule has 0 rings (SSSR count). The summed E-state index contributed by atoms with van der Waals surface area (Å²) in [4.78, 5) is 0. The van der Waals surface area contributed by atoms with Gasteiger partial charge in [0.15, 0.2) is 0 Å². The molecule has 0 aromatic rings. The van der Waals surface area contributed by atoms with Gasteiger partial charge in [0.1, 0.15) is 0 Å². The zero-order valence-electron chi connectivity index (χ0n) is 7.07. The highest BCUT2D eigenvalue weighted by Crippen LogP contribution is 2.07. The highest BCUT2D eigenvalue weighted by atomic mass is 32.2. The molecule has 0 unspecified atom stereocenters. The van der Waals surface area contributed by atoms with Gasteiger partial charge in [0.2, 0.25) is 0 Å². The van der Waals surface area contributed by atoms with E-state index in [0.29, 0.717) is 0 Å². The molecule has 0 atom stereocenters. The topological polar surface area (TPSA) is 0 Å². The summed E-state index contributed by atoms with van der Waals surface area (Å²) in [6.07, 6.45) is 6.62.